The van der Waals surface area contributed by atoms with Gasteiger partial charge in [0.1, 0.15) is 12.2 Å². The van der Waals surface area contributed by atoms with Gasteiger partial charge in [-0.1, -0.05) is 20.8 Å². The number of nitrogens with one attached hydrogen (secondary N) is 1. The lowest BCUT2D eigenvalue weighted by atomic mass is 9.85. The van der Waals surface area contributed by atoms with Crippen LogP contribution in [0.2, 0.25) is 0 Å². The summed E-state index contributed by atoms with van der Waals surface area (Å²) in [5.41, 5.74) is 0.391. The molecule has 1 aromatic rings. The van der Waals surface area contributed by atoms with Gasteiger partial charge in [-0.25, -0.2) is 9.67 Å². The van der Waals surface area contributed by atoms with E-state index in [1.807, 2.05) is 0 Å². The van der Waals surface area contributed by atoms with Gasteiger partial charge in [-0.15, -0.1) is 0 Å². The Bertz CT molecular complexity index is 457. The molecule has 2 rings (SSSR count). The van der Waals surface area contributed by atoms with E-state index in [4.69, 9.17) is 0 Å². The molecule has 1 saturated heterocycles. The third-order valence-corrected chi connectivity index (χ3v) is 5.20. The maximum absolute atomic E-state index is 4.49. The largest absolute Gasteiger partial charge is 0.308 e. The van der Waals surface area contributed by atoms with Crippen LogP contribution in [0.25, 0.3) is 0 Å². The average molecular weight is 293 g/mol. The van der Waals surface area contributed by atoms with Crippen LogP contribution >= 0.6 is 0 Å². The molecule has 1 fully saturated rings. The van der Waals surface area contributed by atoms with Crippen molar-refractivity contribution in [2.75, 3.05) is 13.1 Å². The van der Waals surface area contributed by atoms with Crippen LogP contribution in [0.4, 0.5) is 0 Å². The summed E-state index contributed by atoms with van der Waals surface area (Å²) < 4.78 is 2.06. The molecule has 2 unspecified atom stereocenters. The topological polar surface area (TPSA) is 46.0 Å². The maximum Gasteiger partial charge on any atom is 0.141 e. The second kappa shape index (κ2) is 6.44. The molecule has 1 aliphatic rings. The first-order chi connectivity index (χ1) is 9.96. The minimum Gasteiger partial charge on any atom is -0.308 e. The molecule has 1 N–H and O–H groups in total. The first-order valence-electron chi connectivity index (χ1n) is 8.33. The predicted octanol–water partition coefficient (Wildman–Crippen LogP) is 2.43. The summed E-state index contributed by atoms with van der Waals surface area (Å²) in [4.78, 5) is 7.09. The third-order valence-electron chi connectivity index (χ3n) is 5.20. The Hall–Kier alpha value is -0.940. The molecule has 120 valence electrons. The number of aromatic nitrogens is 3. The van der Waals surface area contributed by atoms with Crippen LogP contribution in [0.3, 0.4) is 0 Å². The smallest absolute Gasteiger partial charge is 0.141 e. The van der Waals surface area contributed by atoms with Crippen molar-refractivity contribution in [1.82, 2.24) is 25.0 Å². The van der Waals surface area contributed by atoms with E-state index >= 15 is 0 Å². The normalized spacial score (nSPS) is 30.7. The predicted molar refractivity (Wildman–Crippen MR) is 86.1 cm³/mol. The summed E-state index contributed by atoms with van der Waals surface area (Å²) in [5, 5.41) is 8.12. The monoisotopic (exact) mass is 293 g/mol. The van der Waals surface area contributed by atoms with E-state index in [0.717, 1.165) is 51.3 Å². The fraction of sp³-hybridized carbons (Fsp3) is 0.875. The van der Waals surface area contributed by atoms with Gasteiger partial charge in [-0.05, 0) is 33.1 Å². The van der Waals surface area contributed by atoms with Crippen LogP contribution in [0, 0.1) is 0 Å². The Labute approximate surface area is 129 Å². The lowest BCUT2D eigenvalue weighted by Crippen LogP contribution is -2.67. The molecule has 2 atom stereocenters. The highest BCUT2D eigenvalue weighted by atomic mass is 15.4. The fourth-order valence-electron chi connectivity index (χ4n) is 3.00. The van der Waals surface area contributed by atoms with Crippen LogP contribution in [0.5, 0.6) is 0 Å². The zero-order valence-corrected chi connectivity index (χ0v) is 14.3. The maximum atomic E-state index is 4.49. The van der Waals surface area contributed by atoms with Crippen molar-refractivity contribution in [3.8, 4) is 0 Å². The molecule has 0 saturated carbocycles. The Morgan fingerprint density at radius 2 is 2.00 bits per heavy atom. The van der Waals surface area contributed by atoms with Crippen LogP contribution in [0.15, 0.2) is 6.33 Å². The third kappa shape index (κ3) is 3.46. The zero-order chi connectivity index (χ0) is 15.5. The Morgan fingerprint density at radius 3 is 2.62 bits per heavy atom. The number of rotatable bonds is 6. The van der Waals surface area contributed by atoms with Crippen molar-refractivity contribution >= 4 is 0 Å². The Morgan fingerprint density at radius 1 is 1.24 bits per heavy atom. The number of hydrogen-bond donors (Lipinski definition) is 1. The van der Waals surface area contributed by atoms with Gasteiger partial charge in [0, 0.05) is 30.7 Å². The molecule has 5 nitrogen and oxygen atoms in total. The van der Waals surface area contributed by atoms with Gasteiger partial charge in [0.25, 0.3) is 0 Å². The molecular weight excluding hydrogens is 262 g/mol. The van der Waals surface area contributed by atoms with Gasteiger partial charge in [0.2, 0.25) is 0 Å². The van der Waals surface area contributed by atoms with E-state index < -0.39 is 0 Å². The van der Waals surface area contributed by atoms with Crippen molar-refractivity contribution in [3.05, 3.63) is 12.2 Å². The summed E-state index contributed by atoms with van der Waals surface area (Å²) in [6, 6.07) is 0. The Kier molecular flexibility index (Phi) is 5.04. The van der Waals surface area contributed by atoms with Crippen molar-refractivity contribution < 1.29 is 0 Å². The number of nitrogens with zero attached hydrogens (tertiary/aromatic N) is 4. The average Bonchev–Trinajstić information content (AvgIpc) is 2.91. The standard InChI is InChI=1S/C16H31N5/c1-6-9-21-14(17-13-19-21)10-20-12-15(4,7-2)18-11-16(20,5)8-3/h13,18H,6-12H2,1-5H3. The molecule has 0 aliphatic carbocycles. The number of hydrogen-bond acceptors (Lipinski definition) is 4. The second-order valence-electron chi connectivity index (χ2n) is 6.87. The molecule has 0 bridgehead atoms. The molecule has 0 aromatic carbocycles. The summed E-state index contributed by atoms with van der Waals surface area (Å²) in [6.45, 7) is 15.3. The highest BCUT2D eigenvalue weighted by molar-refractivity contribution is 5.02. The van der Waals surface area contributed by atoms with Crippen molar-refractivity contribution in [3.63, 3.8) is 0 Å². The molecule has 5 heteroatoms. The molecule has 0 amide bonds. The van der Waals surface area contributed by atoms with E-state index in [1.165, 1.54) is 0 Å². The summed E-state index contributed by atoms with van der Waals surface area (Å²) >= 11 is 0. The van der Waals surface area contributed by atoms with Crippen LogP contribution in [-0.2, 0) is 13.1 Å². The molecule has 0 radical (unpaired) electrons. The van der Waals surface area contributed by atoms with Gasteiger partial charge >= 0.3 is 0 Å². The zero-order valence-electron chi connectivity index (χ0n) is 14.3. The molecule has 0 spiro atoms. The number of aryl methyl sites for hydroxylation is 1. The van der Waals surface area contributed by atoms with Crippen LogP contribution in [-0.4, -0.2) is 43.8 Å². The molecule has 21 heavy (non-hydrogen) atoms. The molecule has 2 heterocycles. The minimum absolute atomic E-state index is 0.192. The van der Waals surface area contributed by atoms with Gasteiger partial charge in [0.15, 0.2) is 0 Å². The van der Waals surface area contributed by atoms with Crippen molar-refractivity contribution in [2.45, 2.75) is 78.0 Å². The highest BCUT2D eigenvalue weighted by Crippen LogP contribution is 2.29. The minimum atomic E-state index is 0.192. The second-order valence-corrected chi connectivity index (χ2v) is 6.87. The van der Waals surface area contributed by atoms with Gasteiger partial charge in [-0.2, -0.15) is 5.10 Å². The number of piperazine rings is 1. The lowest BCUT2D eigenvalue weighted by Gasteiger charge is -2.52. The summed E-state index contributed by atoms with van der Waals surface area (Å²) in [6.07, 6.45) is 5.07. The van der Waals surface area contributed by atoms with Crippen molar-refractivity contribution in [1.29, 1.82) is 0 Å². The van der Waals surface area contributed by atoms with Crippen LogP contribution in [0.1, 0.15) is 59.7 Å². The first kappa shape index (κ1) is 16.4. The van der Waals surface area contributed by atoms with Gasteiger partial charge < -0.3 is 5.32 Å². The molecular formula is C16H31N5. The quantitative estimate of drug-likeness (QED) is 0.875. The lowest BCUT2D eigenvalue weighted by molar-refractivity contribution is 0.00762. The van der Waals surface area contributed by atoms with E-state index in [-0.39, 0.29) is 11.1 Å². The summed E-state index contributed by atoms with van der Waals surface area (Å²) in [5.74, 6) is 1.09. The highest BCUT2D eigenvalue weighted by Gasteiger charge is 2.41. The van der Waals surface area contributed by atoms with Gasteiger partial charge in [-0.3, -0.25) is 4.90 Å². The van der Waals surface area contributed by atoms with Crippen LogP contribution < -0.4 is 5.32 Å². The van der Waals surface area contributed by atoms with Gasteiger partial charge in [0.05, 0.1) is 6.54 Å². The van der Waals surface area contributed by atoms with Crippen molar-refractivity contribution in [2.24, 2.45) is 0 Å². The fourth-order valence-corrected chi connectivity index (χ4v) is 3.00. The summed E-state index contributed by atoms with van der Waals surface area (Å²) in [7, 11) is 0. The molecule has 1 aromatic heterocycles. The SMILES string of the molecule is CCCn1ncnc1CN1CC(C)(CC)NCC1(C)CC. The van der Waals surface area contributed by atoms with E-state index in [1.54, 1.807) is 6.33 Å². The molecule has 1 aliphatic heterocycles. The van der Waals surface area contributed by atoms with E-state index in [0.29, 0.717) is 0 Å². The van der Waals surface area contributed by atoms with E-state index in [2.05, 4.69) is 59.6 Å². The Balaban J connectivity index is 2.18. The van der Waals surface area contributed by atoms with E-state index in [9.17, 15) is 0 Å². The first-order valence-corrected chi connectivity index (χ1v) is 8.33.